The first-order valence-electron chi connectivity index (χ1n) is 12.4. The van der Waals surface area contributed by atoms with Gasteiger partial charge in [0, 0.05) is 24.2 Å². The second-order valence-corrected chi connectivity index (χ2v) is 9.35. The second-order valence-electron chi connectivity index (χ2n) is 9.35. The molecule has 0 amide bonds. The molecule has 1 saturated heterocycles. The summed E-state index contributed by atoms with van der Waals surface area (Å²) < 4.78 is 66.3. The number of hydrogen-bond acceptors (Lipinski definition) is 6. The van der Waals surface area contributed by atoms with Crippen LogP contribution in [0.5, 0.6) is 5.75 Å². The number of aromatic nitrogens is 1. The Labute approximate surface area is 224 Å². The Morgan fingerprint density at radius 1 is 1.15 bits per heavy atom. The number of carbonyl (C=O) groups excluding carboxylic acids is 1. The fraction of sp³-hybridized carbons (Fsp3) is 0.393. The highest BCUT2D eigenvalue weighted by Gasteiger charge is 2.31. The number of carbonyl (C=O) groups is 1. The number of nitrogens with zero attached hydrogens (tertiary/aromatic N) is 2. The SMILES string of the molecule is COC(=O)c1ccc(NCC#Cc2cc3c(N[C@H]4CCN(C)C[C@@H]4F)cccc3n2CC(F)(F)F)c(OC)c1. The maximum Gasteiger partial charge on any atom is 0.406 e. The average molecular weight is 547 g/mol. The molecule has 0 bridgehead atoms. The fourth-order valence-electron chi connectivity index (χ4n) is 4.64. The van der Waals surface area contributed by atoms with E-state index in [1.165, 1.54) is 20.3 Å². The van der Waals surface area contributed by atoms with Crippen molar-refractivity contribution in [3.63, 3.8) is 0 Å². The van der Waals surface area contributed by atoms with Crippen molar-refractivity contribution in [3.8, 4) is 17.6 Å². The molecule has 39 heavy (non-hydrogen) atoms. The van der Waals surface area contributed by atoms with Crippen molar-refractivity contribution in [3.05, 3.63) is 53.7 Å². The smallest absolute Gasteiger partial charge is 0.406 e. The minimum atomic E-state index is -4.46. The Morgan fingerprint density at radius 3 is 2.64 bits per heavy atom. The van der Waals surface area contributed by atoms with Gasteiger partial charge in [0.05, 0.1) is 49.3 Å². The zero-order valence-corrected chi connectivity index (χ0v) is 21.9. The van der Waals surface area contributed by atoms with Gasteiger partial charge in [0.15, 0.2) is 0 Å². The number of rotatable bonds is 7. The molecule has 4 rings (SSSR count). The first kappa shape index (κ1) is 28.1. The summed E-state index contributed by atoms with van der Waals surface area (Å²) in [5, 5.41) is 6.81. The van der Waals surface area contributed by atoms with Gasteiger partial charge in [-0.2, -0.15) is 13.2 Å². The fourth-order valence-corrected chi connectivity index (χ4v) is 4.64. The van der Waals surface area contributed by atoms with E-state index in [1.807, 2.05) is 11.9 Å². The Balaban J connectivity index is 1.59. The summed E-state index contributed by atoms with van der Waals surface area (Å²) in [4.78, 5) is 13.7. The summed E-state index contributed by atoms with van der Waals surface area (Å²) in [5.41, 5.74) is 1.99. The molecule has 0 saturated carbocycles. The van der Waals surface area contributed by atoms with E-state index in [2.05, 4.69) is 22.5 Å². The van der Waals surface area contributed by atoms with Crippen LogP contribution < -0.4 is 15.4 Å². The second kappa shape index (κ2) is 11.9. The van der Waals surface area contributed by atoms with Gasteiger partial charge < -0.3 is 29.6 Å². The summed E-state index contributed by atoms with van der Waals surface area (Å²) in [5.74, 6) is 5.59. The van der Waals surface area contributed by atoms with Crippen LogP contribution in [0, 0.1) is 11.8 Å². The van der Waals surface area contributed by atoms with Crippen LogP contribution >= 0.6 is 0 Å². The molecule has 0 unspecified atom stereocenters. The Kier molecular flexibility index (Phi) is 8.55. The maximum absolute atomic E-state index is 14.7. The number of likely N-dealkylation sites (tertiary alicyclic amines) is 1. The number of hydrogen-bond donors (Lipinski definition) is 2. The number of fused-ring (bicyclic) bond motifs is 1. The lowest BCUT2D eigenvalue weighted by Gasteiger charge is -2.33. The number of alkyl halides is 4. The number of nitrogens with one attached hydrogen (secondary N) is 2. The monoisotopic (exact) mass is 546 g/mol. The van der Waals surface area contributed by atoms with E-state index in [0.717, 1.165) is 11.1 Å². The summed E-state index contributed by atoms with van der Waals surface area (Å²) >= 11 is 0. The highest BCUT2D eigenvalue weighted by atomic mass is 19.4. The van der Waals surface area contributed by atoms with Gasteiger partial charge in [-0.3, -0.25) is 0 Å². The normalized spacial score (nSPS) is 17.8. The molecule has 0 radical (unpaired) electrons. The van der Waals surface area contributed by atoms with Crippen LogP contribution in [0.25, 0.3) is 10.9 Å². The topological polar surface area (TPSA) is 67.8 Å². The summed E-state index contributed by atoms with van der Waals surface area (Å²) in [7, 11) is 4.58. The molecule has 208 valence electrons. The number of benzene rings is 2. The highest BCUT2D eigenvalue weighted by molar-refractivity contribution is 5.94. The number of methoxy groups -OCH3 is 2. The first-order valence-corrected chi connectivity index (χ1v) is 12.4. The van der Waals surface area contributed by atoms with E-state index >= 15 is 0 Å². The van der Waals surface area contributed by atoms with Crippen LogP contribution in [0.1, 0.15) is 22.5 Å². The van der Waals surface area contributed by atoms with E-state index in [-0.39, 0.29) is 12.2 Å². The van der Waals surface area contributed by atoms with Gasteiger partial charge in [0.25, 0.3) is 0 Å². The molecular weight excluding hydrogens is 516 g/mol. The van der Waals surface area contributed by atoms with Crippen LogP contribution in [0.3, 0.4) is 0 Å². The summed E-state index contributed by atoms with van der Waals surface area (Å²) in [6, 6.07) is 10.9. The molecule has 2 heterocycles. The van der Waals surface area contributed by atoms with E-state index in [1.54, 1.807) is 36.4 Å². The van der Waals surface area contributed by atoms with Gasteiger partial charge in [-0.25, -0.2) is 9.18 Å². The van der Waals surface area contributed by atoms with Gasteiger partial charge >= 0.3 is 12.1 Å². The molecule has 2 atom stereocenters. The van der Waals surface area contributed by atoms with Gasteiger partial charge in [-0.15, -0.1) is 0 Å². The van der Waals surface area contributed by atoms with Crippen LogP contribution in [0.2, 0.25) is 0 Å². The van der Waals surface area contributed by atoms with Crippen molar-refractivity contribution in [1.29, 1.82) is 0 Å². The minimum absolute atomic E-state index is 0.103. The van der Waals surface area contributed by atoms with Crippen molar-refractivity contribution in [2.45, 2.75) is 31.4 Å². The van der Waals surface area contributed by atoms with Crippen molar-refractivity contribution >= 4 is 28.2 Å². The lowest BCUT2D eigenvalue weighted by Crippen LogP contribution is -2.46. The molecule has 1 aromatic heterocycles. The zero-order valence-electron chi connectivity index (χ0n) is 21.9. The molecule has 3 aromatic rings. The first-order chi connectivity index (χ1) is 18.6. The summed E-state index contributed by atoms with van der Waals surface area (Å²) in [6.45, 7) is -0.0857. The molecule has 1 aliphatic rings. The van der Waals surface area contributed by atoms with E-state index in [9.17, 15) is 22.4 Å². The van der Waals surface area contributed by atoms with Crippen molar-refractivity contribution < 1.29 is 31.8 Å². The Bertz CT molecular complexity index is 1390. The summed E-state index contributed by atoms with van der Waals surface area (Å²) in [6.07, 6.45) is -4.98. The predicted molar refractivity (Wildman–Crippen MR) is 142 cm³/mol. The minimum Gasteiger partial charge on any atom is -0.495 e. The van der Waals surface area contributed by atoms with Crippen LogP contribution in [0.4, 0.5) is 28.9 Å². The number of halogens is 4. The van der Waals surface area contributed by atoms with Gasteiger partial charge in [0.1, 0.15) is 18.5 Å². The third-order valence-corrected chi connectivity index (χ3v) is 6.57. The van der Waals surface area contributed by atoms with Crippen LogP contribution in [-0.4, -0.2) is 74.7 Å². The van der Waals surface area contributed by atoms with E-state index in [0.29, 0.717) is 46.6 Å². The van der Waals surface area contributed by atoms with E-state index in [4.69, 9.17) is 9.47 Å². The quantitative estimate of drug-likeness (QED) is 0.249. The highest BCUT2D eigenvalue weighted by Crippen LogP contribution is 2.32. The standard InChI is InChI=1S/C28H30F4N4O3/c1-35-13-11-23(21(29)16-35)34-22-7-4-8-25-20(22)15-19(36(25)17-28(30,31)32)6-5-12-33-24-10-9-18(27(37)39-3)14-26(24)38-2/h4,7-10,14-15,21,23,33-34H,11-13,16-17H2,1-3H3/t21-,23-/m0/s1. The number of anilines is 2. The Hall–Kier alpha value is -3.91. The largest absolute Gasteiger partial charge is 0.495 e. The lowest BCUT2D eigenvalue weighted by molar-refractivity contribution is -0.140. The number of esters is 1. The average Bonchev–Trinajstić information content (AvgIpc) is 3.24. The third kappa shape index (κ3) is 6.75. The molecule has 1 fully saturated rings. The molecule has 0 spiro atoms. The molecule has 1 aliphatic heterocycles. The molecule has 2 aromatic carbocycles. The number of ether oxygens (including phenoxy) is 2. The van der Waals surface area contributed by atoms with E-state index < -0.39 is 30.9 Å². The van der Waals surface area contributed by atoms with Crippen molar-refractivity contribution in [2.75, 3.05) is 51.5 Å². The third-order valence-electron chi connectivity index (χ3n) is 6.57. The molecule has 2 N–H and O–H groups in total. The lowest BCUT2D eigenvalue weighted by atomic mass is 10.0. The molecule has 0 aliphatic carbocycles. The maximum atomic E-state index is 14.7. The number of piperidine rings is 1. The van der Waals surface area contributed by atoms with Crippen LogP contribution in [0.15, 0.2) is 42.5 Å². The van der Waals surface area contributed by atoms with Gasteiger partial charge in [0.2, 0.25) is 0 Å². The molecule has 7 nitrogen and oxygen atoms in total. The zero-order chi connectivity index (χ0) is 28.2. The predicted octanol–water partition coefficient (Wildman–Crippen LogP) is 4.92. The van der Waals surface area contributed by atoms with Crippen molar-refractivity contribution in [1.82, 2.24) is 9.47 Å². The Morgan fingerprint density at radius 2 is 1.95 bits per heavy atom. The van der Waals surface area contributed by atoms with Gasteiger partial charge in [-0.1, -0.05) is 12.0 Å². The molecular formula is C28H30F4N4O3. The van der Waals surface area contributed by atoms with Gasteiger partial charge in [-0.05, 0) is 55.8 Å². The molecule has 11 heteroatoms. The van der Waals surface area contributed by atoms with Crippen molar-refractivity contribution in [2.24, 2.45) is 0 Å². The van der Waals surface area contributed by atoms with Crippen LogP contribution in [-0.2, 0) is 11.3 Å².